The fraction of sp³-hybridized carbons (Fsp3) is 0.818. The van der Waals surface area contributed by atoms with Gasteiger partial charge in [0.05, 0.1) is 12.2 Å². The van der Waals surface area contributed by atoms with Gasteiger partial charge in [-0.1, -0.05) is 0 Å². The predicted octanol–water partition coefficient (Wildman–Crippen LogP) is 1.17. The summed E-state index contributed by atoms with van der Waals surface area (Å²) < 4.78 is 5.54. The molecule has 2 atom stereocenters. The monoisotopic (exact) mass is 210 g/mol. The Morgan fingerprint density at radius 3 is 2.93 bits per heavy atom. The number of likely N-dealkylation sites (N-methyl/N-ethyl adjacent to an activating group) is 1. The number of nitrogens with zero attached hydrogens (tertiary/aromatic N) is 2. The van der Waals surface area contributed by atoms with E-state index < -0.39 is 5.92 Å². The van der Waals surface area contributed by atoms with E-state index in [1.807, 2.05) is 6.07 Å². The van der Waals surface area contributed by atoms with E-state index in [0.29, 0.717) is 6.54 Å². The molecule has 0 aromatic heterocycles. The molecule has 0 aliphatic carbocycles. The van der Waals surface area contributed by atoms with E-state index in [2.05, 4.69) is 0 Å². The van der Waals surface area contributed by atoms with Gasteiger partial charge in [0.15, 0.2) is 0 Å². The number of nitriles is 1. The van der Waals surface area contributed by atoms with Gasteiger partial charge in [0.1, 0.15) is 5.92 Å². The summed E-state index contributed by atoms with van der Waals surface area (Å²) in [5.41, 5.74) is 0. The molecule has 1 heterocycles. The zero-order valence-corrected chi connectivity index (χ0v) is 9.40. The second-order valence-electron chi connectivity index (χ2n) is 4.06. The van der Waals surface area contributed by atoms with Gasteiger partial charge in [0.2, 0.25) is 5.91 Å². The Balaban J connectivity index is 2.37. The van der Waals surface area contributed by atoms with E-state index in [1.54, 1.807) is 18.9 Å². The molecule has 0 bridgehead atoms. The summed E-state index contributed by atoms with van der Waals surface area (Å²) in [6.07, 6.45) is 3.44. The lowest BCUT2D eigenvalue weighted by atomic mass is 10.1. The number of amides is 1. The van der Waals surface area contributed by atoms with Crippen LogP contribution in [0.5, 0.6) is 0 Å². The molecule has 0 saturated carbocycles. The molecule has 1 saturated heterocycles. The van der Waals surface area contributed by atoms with E-state index in [0.717, 1.165) is 19.4 Å². The highest BCUT2D eigenvalue weighted by Gasteiger charge is 2.21. The van der Waals surface area contributed by atoms with Crippen molar-refractivity contribution in [3.05, 3.63) is 0 Å². The molecule has 1 aliphatic rings. The van der Waals surface area contributed by atoms with Crippen LogP contribution >= 0.6 is 0 Å². The third-order valence-corrected chi connectivity index (χ3v) is 2.69. The summed E-state index contributed by atoms with van der Waals surface area (Å²) >= 11 is 0. The molecule has 15 heavy (non-hydrogen) atoms. The number of hydrogen-bond donors (Lipinski definition) is 0. The Morgan fingerprint density at radius 1 is 1.67 bits per heavy atom. The topological polar surface area (TPSA) is 53.3 Å². The Kier molecular flexibility index (Phi) is 4.57. The third kappa shape index (κ3) is 3.52. The minimum atomic E-state index is -0.557. The number of carbonyl (C=O) groups is 1. The SMILES string of the molecule is CC(C#N)C(=O)N(C)CC1CCCCO1. The molecule has 1 aliphatic heterocycles. The summed E-state index contributed by atoms with van der Waals surface area (Å²) in [6.45, 7) is 3.02. The minimum absolute atomic E-state index is 0.119. The lowest BCUT2D eigenvalue weighted by Gasteiger charge is -2.27. The molecule has 1 fully saturated rings. The molecule has 4 heteroatoms. The van der Waals surface area contributed by atoms with Crippen molar-refractivity contribution in [2.75, 3.05) is 20.2 Å². The van der Waals surface area contributed by atoms with E-state index in [1.165, 1.54) is 6.42 Å². The fourth-order valence-electron chi connectivity index (χ4n) is 1.73. The van der Waals surface area contributed by atoms with Crippen LogP contribution < -0.4 is 0 Å². The van der Waals surface area contributed by atoms with Crippen LogP contribution in [0.2, 0.25) is 0 Å². The quantitative estimate of drug-likeness (QED) is 0.702. The maximum absolute atomic E-state index is 11.6. The van der Waals surface area contributed by atoms with Gasteiger partial charge in [-0.05, 0) is 26.2 Å². The van der Waals surface area contributed by atoms with Gasteiger partial charge < -0.3 is 9.64 Å². The number of ether oxygens (including phenoxy) is 1. The average molecular weight is 210 g/mol. The molecular weight excluding hydrogens is 192 g/mol. The third-order valence-electron chi connectivity index (χ3n) is 2.69. The molecule has 0 radical (unpaired) electrons. The molecule has 0 N–H and O–H groups in total. The highest BCUT2D eigenvalue weighted by atomic mass is 16.5. The number of rotatable bonds is 3. The summed E-state index contributed by atoms with van der Waals surface area (Å²) in [4.78, 5) is 13.2. The molecule has 84 valence electrons. The Labute approximate surface area is 90.8 Å². The van der Waals surface area contributed by atoms with Gasteiger partial charge in [-0.2, -0.15) is 5.26 Å². The molecule has 0 aromatic carbocycles. The largest absolute Gasteiger partial charge is 0.376 e. The first-order chi connectivity index (χ1) is 7.15. The number of hydrogen-bond acceptors (Lipinski definition) is 3. The van der Waals surface area contributed by atoms with Gasteiger partial charge >= 0.3 is 0 Å². The minimum Gasteiger partial charge on any atom is -0.376 e. The van der Waals surface area contributed by atoms with Gasteiger partial charge in [0.25, 0.3) is 0 Å². The van der Waals surface area contributed by atoms with Crippen molar-refractivity contribution in [3.8, 4) is 6.07 Å². The van der Waals surface area contributed by atoms with Crippen LogP contribution in [0.25, 0.3) is 0 Å². The van der Waals surface area contributed by atoms with Gasteiger partial charge in [-0.25, -0.2) is 0 Å². The summed E-state index contributed by atoms with van der Waals surface area (Å²) in [5, 5.41) is 8.63. The maximum Gasteiger partial charge on any atom is 0.239 e. The molecule has 0 aromatic rings. The average Bonchev–Trinajstić information content (AvgIpc) is 2.28. The second kappa shape index (κ2) is 5.72. The van der Waals surface area contributed by atoms with Crippen LogP contribution in [0.3, 0.4) is 0 Å². The van der Waals surface area contributed by atoms with Crippen molar-refractivity contribution in [1.29, 1.82) is 5.26 Å². The zero-order valence-electron chi connectivity index (χ0n) is 9.40. The van der Waals surface area contributed by atoms with Gasteiger partial charge in [-0.15, -0.1) is 0 Å². The van der Waals surface area contributed by atoms with Crippen molar-refractivity contribution in [3.63, 3.8) is 0 Å². The van der Waals surface area contributed by atoms with Crippen LogP contribution in [-0.2, 0) is 9.53 Å². The molecule has 0 spiro atoms. The van der Waals surface area contributed by atoms with Crippen molar-refractivity contribution in [2.24, 2.45) is 5.92 Å². The first kappa shape index (κ1) is 12.0. The lowest BCUT2D eigenvalue weighted by molar-refractivity contribution is -0.134. The van der Waals surface area contributed by atoms with Crippen LogP contribution in [0.1, 0.15) is 26.2 Å². The van der Waals surface area contributed by atoms with E-state index in [-0.39, 0.29) is 12.0 Å². The van der Waals surface area contributed by atoms with Crippen molar-refractivity contribution >= 4 is 5.91 Å². The highest BCUT2D eigenvalue weighted by molar-refractivity contribution is 5.80. The van der Waals surface area contributed by atoms with Crippen molar-refractivity contribution in [1.82, 2.24) is 4.90 Å². The highest BCUT2D eigenvalue weighted by Crippen LogP contribution is 2.14. The summed E-state index contributed by atoms with van der Waals surface area (Å²) in [6, 6.07) is 1.95. The normalized spacial score (nSPS) is 22.9. The van der Waals surface area contributed by atoms with Gasteiger partial charge in [-0.3, -0.25) is 4.79 Å². The van der Waals surface area contributed by atoms with Crippen LogP contribution in [-0.4, -0.2) is 37.1 Å². The molecule has 1 rings (SSSR count). The maximum atomic E-state index is 11.6. The second-order valence-corrected chi connectivity index (χ2v) is 4.06. The van der Waals surface area contributed by atoms with Gasteiger partial charge in [0, 0.05) is 20.2 Å². The molecule has 1 amide bonds. The zero-order chi connectivity index (χ0) is 11.3. The van der Waals surface area contributed by atoms with Crippen LogP contribution in [0.4, 0.5) is 0 Å². The molecule has 2 unspecified atom stereocenters. The Hall–Kier alpha value is -1.08. The van der Waals surface area contributed by atoms with E-state index in [4.69, 9.17) is 10.00 Å². The summed E-state index contributed by atoms with van der Waals surface area (Å²) in [7, 11) is 1.73. The van der Waals surface area contributed by atoms with Crippen LogP contribution in [0.15, 0.2) is 0 Å². The van der Waals surface area contributed by atoms with E-state index >= 15 is 0 Å². The Morgan fingerprint density at radius 2 is 2.40 bits per heavy atom. The first-order valence-corrected chi connectivity index (χ1v) is 5.41. The first-order valence-electron chi connectivity index (χ1n) is 5.41. The smallest absolute Gasteiger partial charge is 0.239 e. The van der Waals surface area contributed by atoms with Crippen LogP contribution in [0, 0.1) is 17.2 Å². The number of carbonyl (C=O) groups excluding carboxylic acids is 1. The Bertz CT molecular complexity index is 254. The van der Waals surface area contributed by atoms with E-state index in [9.17, 15) is 4.79 Å². The predicted molar refractivity (Wildman–Crippen MR) is 56.0 cm³/mol. The summed E-state index contributed by atoms with van der Waals surface area (Å²) in [5.74, 6) is -0.676. The lowest BCUT2D eigenvalue weighted by Crippen LogP contribution is -2.39. The molecular formula is C11H18N2O2. The molecule has 4 nitrogen and oxygen atoms in total. The standard InChI is InChI=1S/C11H18N2O2/c1-9(7-12)11(14)13(2)8-10-5-3-4-6-15-10/h9-10H,3-6,8H2,1-2H3. The fourth-order valence-corrected chi connectivity index (χ4v) is 1.73. The van der Waals surface area contributed by atoms with Crippen molar-refractivity contribution < 1.29 is 9.53 Å². The van der Waals surface area contributed by atoms with Crippen molar-refractivity contribution in [2.45, 2.75) is 32.3 Å².